The molecule has 0 radical (unpaired) electrons. The maximum atomic E-state index is 2.58. The van der Waals surface area contributed by atoms with E-state index >= 15 is 0 Å². The fourth-order valence-electron chi connectivity index (χ4n) is 7.91. The molecule has 3 heterocycles. The molecule has 0 saturated carbocycles. The van der Waals surface area contributed by atoms with E-state index in [2.05, 4.69) is 174 Å². The number of aryl methyl sites for hydroxylation is 1. The van der Waals surface area contributed by atoms with Crippen LogP contribution in [-0.2, 0) is 0 Å². The molecule has 220 valence electrons. The quantitative estimate of drug-likeness (QED) is 0.182. The summed E-state index contributed by atoms with van der Waals surface area (Å²) in [5.41, 5.74) is 15.1. The summed E-state index contributed by atoms with van der Waals surface area (Å²) in [5, 5.41) is 2.61. The molecule has 0 fully saturated rings. The lowest BCUT2D eigenvalue weighted by molar-refractivity contribution is 1.28. The van der Waals surface area contributed by atoms with E-state index < -0.39 is 0 Å². The van der Waals surface area contributed by atoms with Crippen molar-refractivity contribution in [2.75, 3.05) is 9.71 Å². The van der Waals surface area contributed by atoms with Crippen molar-refractivity contribution in [3.8, 4) is 22.3 Å². The second-order valence-electron chi connectivity index (χ2n) is 12.6. The van der Waals surface area contributed by atoms with Crippen molar-refractivity contribution < 1.29 is 0 Å². The van der Waals surface area contributed by atoms with Gasteiger partial charge in [-0.3, -0.25) is 0 Å². The van der Waals surface area contributed by atoms with Gasteiger partial charge in [0.05, 0.1) is 5.69 Å². The molecule has 2 aliphatic rings. The van der Waals surface area contributed by atoms with Crippen molar-refractivity contribution in [2.24, 2.45) is 0 Å². The Morgan fingerprint density at radius 2 is 1.21 bits per heavy atom. The Bertz CT molecular complexity index is 2500. The molecule has 1 aromatic heterocycles. The predicted octanol–water partition coefficient (Wildman–Crippen LogP) is 10.7. The molecule has 0 atom stereocenters. The molecular weight excluding hydrogens is 587 g/mol. The summed E-state index contributed by atoms with van der Waals surface area (Å²) in [6.07, 6.45) is 0. The van der Waals surface area contributed by atoms with E-state index in [0.717, 1.165) is 0 Å². The van der Waals surface area contributed by atoms with Gasteiger partial charge < -0.3 is 9.71 Å². The van der Waals surface area contributed by atoms with E-state index in [9.17, 15) is 0 Å². The van der Waals surface area contributed by atoms with Gasteiger partial charge in [-0.1, -0.05) is 121 Å². The number of benzene rings is 7. The van der Waals surface area contributed by atoms with Crippen LogP contribution in [0.4, 0.5) is 28.4 Å². The average Bonchev–Trinajstić information content (AvgIpc) is 3.51. The van der Waals surface area contributed by atoms with E-state index in [0.29, 0.717) is 0 Å². The molecular formula is C43H29BN2S. The number of para-hydroxylation sites is 2. The Morgan fingerprint density at radius 1 is 0.511 bits per heavy atom. The van der Waals surface area contributed by atoms with Crippen LogP contribution in [0.3, 0.4) is 0 Å². The minimum absolute atomic E-state index is 0.0184. The first-order chi connectivity index (χ1) is 23.3. The lowest BCUT2D eigenvalue weighted by atomic mass is 9.43. The first kappa shape index (κ1) is 26.6. The van der Waals surface area contributed by atoms with Crippen LogP contribution in [0.5, 0.6) is 0 Å². The van der Waals surface area contributed by atoms with E-state index in [4.69, 9.17) is 0 Å². The van der Waals surface area contributed by atoms with Gasteiger partial charge in [0.2, 0.25) is 0 Å². The lowest BCUT2D eigenvalue weighted by Gasteiger charge is -2.46. The summed E-state index contributed by atoms with van der Waals surface area (Å²) < 4.78 is 2.61. The van der Waals surface area contributed by atoms with Crippen LogP contribution >= 0.6 is 11.3 Å². The third kappa shape index (κ3) is 3.86. The fraction of sp³-hybridized carbons (Fsp3) is 0.0233. The molecule has 0 saturated heterocycles. The third-order valence-corrected chi connectivity index (χ3v) is 11.1. The minimum atomic E-state index is 0.0184. The van der Waals surface area contributed by atoms with Crippen molar-refractivity contribution in [1.82, 2.24) is 0 Å². The van der Waals surface area contributed by atoms with Crippen LogP contribution < -0.4 is 20.6 Å². The molecule has 0 N–H and O–H groups in total. The molecule has 0 amide bonds. The number of fused-ring (bicyclic) bond motifs is 7. The van der Waals surface area contributed by atoms with Crippen molar-refractivity contribution >= 4 is 77.7 Å². The highest BCUT2D eigenvalue weighted by Crippen LogP contribution is 2.52. The topological polar surface area (TPSA) is 6.48 Å². The maximum absolute atomic E-state index is 2.58. The van der Waals surface area contributed by atoms with Gasteiger partial charge in [0, 0.05) is 54.0 Å². The van der Waals surface area contributed by atoms with E-state index in [1.807, 2.05) is 11.3 Å². The summed E-state index contributed by atoms with van der Waals surface area (Å²) in [7, 11) is 0. The van der Waals surface area contributed by atoms with Gasteiger partial charge in [0.1, 0.15) is 0 Å². The highest BCUT2D eigenvalue weighted by molar-refractivity contribution is 7.26. The molecule has 0 unspecified atom stereocenters. The van der Waals surface area contributed by atoms with Gasteiger partial charge in [0.15, 0.2) is 0 Å². The van der Waals surface area contributed by atoms with E-state index in [-0.39, 0.29) is 6.85 Å². The number of rotatable bonds is 3. The van der Waals surface area contributed by atoms with Crippen LogP contribution in [-0.4, -0.2) is 6.85 Å². The molecule has 7 aromatic carbocycles. The van der Waals surface area contributed by atoms with Crippen molar-refractivity contribution in [2.45, 2.75) is 6.92 Å². The monoisotopic (exact) mass is 616 g/mol. The molecule has 0 bridgehead atoms. The Balaban J connectivity index is 1.35. The van der Waals surface area contributed by atoms with Crippen LogP contribution in [0.25, 0.3) is 42.4 Å². The molecule has 10 rings (SSSR count). The van der Waals surface area contributed by atoms with Crippen LogP contribution in [0.15, 0.2) is 158 Å². The number of hydrogen-bond acceptors (Lipinski definition) is 3. The first-order valence-electron chi connectivity index (χ1n) is 16.2. The Labute approximate surface area is 278 Å². The number of hydrogen-bond donors (Lipinski definition) is 0. The van der Waals surface area contributed by atoms with Crippen LogP contribution in [0.1, 0.15) is 5.56 Å². The van der Waals surface area contributed by atoms with E-state index in [1.165, 1.54) is 87.4 Å². The largest absolute Gasteiger partial charge is 0.376 e. The summed E-state index contributed by atoms with van der Waals surface area (Å²) >= 11 is 1.88. The minimum Gasteiger partial charge on any atom is -0.376 e. The van der Waals surface area contributed by atoms with Crippen molar-refractivity contribution in [3.05, 3.63) is 163 Å². The molecule has 47 heavy (non-hydrogen) atoms. The Kier molecular flexibility index (Phi) is 5.79. The SMILES string of the molecule is Cc1ccc(N2B3c4ccccc4N(c4c(-c5ccccc5)ccc5sc6ccccc6c45)c4cccc(c43)-c3ccccc32)cc1. The van der Waals surface area contributed by atoms with Gasteiger partial charge >= 0.3 is 6.85 Å². The Morgan fingerprint density at radius 3 is 2.09 bits per heavy atom. The zero-order valence-corrected chi connectivity index (χ0v) is 26.7. The Hall–Kier alpha value is -5.58. The normalized spacial score (nSPS) is 13.1. The first-order valence-corrected chi connectivity index (χ1v) is 17.0. The molecule has 0 aliphatic carbocycles. The van der Waals surface area contributed by atoms with Gasteiger partial charge in [-0.05, 0) is 71.4 Å². The third-order valence-electron chi connectivity index (χ3n) is 9.92. The van der Waals surface area contributed by atoms with E-state index in [1.54, 1.807) is 0 Å². The van der Waals surface area contributed by atoms with Crippen molar-refractivity contribution in [1.29, 1.82) is 0 Å². The van der Waals surface area contributed by atoms with Gasteiger partial charge in [0.25, 0.3) is 0 Å². The zero-order chi connectivity index (χ0) is 31.1. The maximum Gasteiger partial charge on any atom is 0.333 e. The predicted molar refractivity (Wildman–Crippen MR) is 203 cm³/mol. The smallest absolute Gasteiger partial charge is 0.333 e. The number of anilines is 5. The van der Waals surface area contributed by atoms with Crippen LogP contribution in [0, 0.1) is 6.92 Å². The van der Waals surface area contributed by atoms with Gasteiger partial charge in [-0.15, -0.1) is 11.3 Å². The number of nitrogens with zero attached hydrogens (tertiary/aromatic N) is 2. The molecule has 2 aliphatic heterocycles. The second-order valence-corrected chi connectivity index (χ2v) is 13.6. The summed E-state index contributed by atoms with van der Waals surface area (Å²) in [5.74, 6) is 0. The highest BCUT2D eigenvalue weighted by atomic mass is 32.1. The summed E-state index contributed by atoms with van der Waals surface area (Å²) in [6, 6.07) is 58.3. The molecule has 0 spiro atoms. The lowest BCUT2D eigenvalue weighted by Crippen LogP contribution is -2.61. The molecule has 8 aromatic rings. The van der Waals surface area contributed by atoms with Crippen LogP contribution in [0.2, 0.25) is 0 Å². The van der Waals surface area contributed by atoms with Gasteiger partial charge in [-0.2, -0.15) is 0 Å². The molecule has 4 heteroatoms. The summed E-state index contributed by atoms with van der Waals surface area (Å²) in [4.78, 5) is 5.14. The average molecular weight is 617 g/mol. The van der Waals surface area contributed by atoms with Crippen molar-refractivity contribution in [3.63, 3.8) is 0 Å². The number of thiophene rings is 1. The highest BCUT2D eigenvalue weighted by Gasteiger charge is 2.45. The fourth-order valence-corrected chi connectivity index (χ4v) is 9.02. The second kappa shape index (κ2) is 10.2. The van der Waals surface area contributed by atoms with Gasteiger partial charge in [-0.25, -0.2) is 0 Å². The standard InChI is InChI=1S/C43H29BN2S/c1-28-22-24-30(25-23-28)46-36-18-8-5-14-32(36)33-16-11-20-38-42(33)44(46)35-17-7-9-19-37(35)45(38)43-31(29-12-3-2-4-13-29)26-27-40-41(43)34-15-6-10-21-39(34)47-40/h2-27H,1H3. The molecule has 2 nitrogen and oxygen atoms in total. The zero-order valence-electron chi connectivity index (χ0n) is 25.9. The summed E-state index contributed by atoms with van der Waals surface area (Å²) in [6.45, 7) is 2.18.